The normalized spacial score (nSPS) is 28.8. The summed E-state index contributed by atoms with van der Waals surface area (Å²) < 4.78 is 5.15. The lowest BCUT2D eigenvalue weighted by molar-refractivity contribution is 0.110. The molecule has 1 saturated carbocycles. The van der Waals surface area contributed by atoms with E-state index in [2.05, 4.69) is 31.1 Å². The topological polar surface area (TPSA) is 24.5 Å². The molecule has 3 atom stereocenters. The quantitative estimate of drug-likeness (QED) is 0.675. The lowest BCUT2D eigenvalue weighted by Gasteiger charge is -2.41. The number of hydrogen-bond acceptors (Lipinski definition) is 3. The average Bonchev–Trinajstić information content (AvgIpc) is 2.37. The zero-order chi connectivity index (χ0) is 13.4. The first-order chi connectivity index (χ1) is 8.69. The molecule has 0 bridgehead atoms. The number of nitrogens with zero attached hydrogens (tertiary/aromatic N) is 1. The highest BCUT2D eigenvalue weighted by Crippen LogP contribution is 2.27. The third-order valence-electron chi connectivity index (χ3n) is 4.16. The first-order valence-corrected chi connectivity index (χ1v) is 7.61. The Morgan fingerprint density at radius 1 is 1.33 bits per heavy atom. The van der Waals surface area contributed by atoms with Crippen molar-refractivity contribution < 1.29 is 4.74 Å². The van der Waals surface area contributed by atoms with Crippen LogP contribution in [0.3, 0.4) is 0 Å². The molecule has 0 radical (unpaired) electrons. The van der Waals surface area contributed by atoms with Gasteiger partial charge in [-0.15, -0.1) is 0 Å². The minimum Gasteiger partial charge on any atom is -0.385 e. The summed E-state index contributed by atoms with van der Waals surface area (Å²) in [5, 5.41) is 3.74. The number of rotatable bonds is 8. The van der Waals surface area contributed by atoms with Crippen LogP contribution in [0.15, 0.2) is 0 Å². The molecule has 3 heteroatoms. The van der Waals surface area contributed by atoms with Crippen molar-refractivity contribution in [1.29, 1.82) is 0 Å². The third kappa shape index (κ3) is 5.25. The highest BCUT2D eigenvalue weighted by molar-refractivity contribution is 4.89. The Hall–Kier alpha value is -0.120. The van der Waals surface area contributed by atoms with E-state index >= 15 is 0 Å². The van der Waals surface area contributed by atoms with Gasteiger partial charge in [0.05, 0.1) is 0 Å². The monoisotopic (exact) mass is 256 g/mol. The van der Waals surface area contributed by atoms with Gasteiger partial charge in [-0.05, 0) is 51.6 Å². The minimum absolute atomic E-state index is 0.689. The molecule has 1 rings (SSSR count). The van der Waals surface area contributed by atoms with Gasteiger partial charge in [-0.3, -0.25) is 0 Å². The maximum Gasteiger partial charge on any atom is 0.0474 e. The molecule has 0 saturated heterocycles. The third-order valence-corrected chi connectivity index (χ3v) is 4.16. The predicted molar refractivity (Wildman–Crippen MR) is 78.0 cm³/mol. The van der Waals surface area contributed by atoms with Crippen LogP contribution in [0.1, 0.15) is 46.0 Å². The van der Waals surface area contributed by atoms with Gasteiger partial charge in [0.25, 0.3) is 0 Å². The Labute approximate surface area is 113 Å². The number of hydrogen-bond donors (Lipinski definition) is 1. The minimum atomic E-state index is 0.689. The van der Waals surface area contributed by atoms with Crippen LogP contribution in [0.5, 0.6) is 0 Å². The summed E-state index contributed by atoms with van der Waals surface area (Å²) in [4.78, 5) is 2.54. The van der Waals surface area contributed by atoms with E-state index in [1.165, 1.54) is 25.7 Å². The van der Waals surface area contributed by atoms with Gasteiger partial charge in [0.1, 0.15) is 0 Å². The molecule has 0 aromatic carbocycles. The van der Waals surface area contributed by atoms with Crippen molar-refractivity contribution in [3.8, 4) is 0 Å². The Bertz CT molecular complexity index is 209. The second-order valence-corrected chi connectivity index (χ2v) is 5.87. The number of likely N-dealkylation sites (N-methyl/N-ethyl adjacent to an activating group) is 1. The van der Waals surface area contributed by atoms with Crippen LogP contribution in [-0.4, -0.2) is 50.8 Å². The van der Waals surface area contributed by atoms with E-state index in [0.717, 1.165) is 32.0 Å². The van der Waals surface area contributed by atoms with Gasteiger partial charge in [-0.2, -0.15) is 0 Å². The van der Waals surface area contributed by atoms with E-state index in [-0.39, 0.29) is 0 Å². The summed E-state index contributed by atoms with van der Waals surface area (Å²) in [5.41, 5.74) is 0. The molecule has 0 aromatic rings. The van der Waals surface area contributed by atoms with Gasteiger partial charge in [0.15, 0.2) is 0 Å². The molecule has 1 fully saturated rings. The van der Waals surface area contributed by atoms with Crippen molar-refractivity contribution >= 4 is 0 Å². The summed E-state index contributed by atoms with van der Waals surface area (Å²) in [6.07, 6.45) is 6.42. The van der Waals surface area contributed by atoms with Crippen LogP contribution in [-0.2, 0) is 4.74 Å². The lowest BCUT2D eigenvalue weighted by Crippen LogP contribution is -2.52. The molecule has 1 N–H and O–H groups in total. The van der Waals surface area contributed by atoms with Gasteiger partial charge < -0.3 is 15.0 Å². The Morgan fingerprint density at radius 2 is 2.11 bits per heavy atom. The molecule has 0 amide bonds. The Balaban J connectivity index is 2.43. The molecule has 18 heavy (non-hydrogen) atoms. The molecule has 1 aliphatic carbocycles. The summed E-state index contributed by atoms with van der Waals surface area (Å²) >= 11 is 0. The molecular formula is C15H32N2O. The van der Waals surface area contributed by atoms with Crippen molar-refractivity contribution in [2.75, 3.05) is 33.9 Å². The van der Waals surface area contributed by atoms with Crippen molar-refractivity contribution in [3.63, 3.8) is 0 Å². The SMILES string of the molecule is CCCNC1CCC(C)CC1N(C)CCCOC. The van der Waals surface area contributed by atoms with Crippen LogP contribution in [0.2, 0.25) is 0 Å². The lowest BCUT2D eigenvalue weighted by atomic mass is 9.82. The van der Waals surface area contributed by atoms with E-state index in [9.17, 15) is 0 Å². The van der Waals surface area contributed by atoms with Crippen LogP contribution in [0.4, 0.5) is 0 Å². The Morgan fingerprint density at radius 3 is 2.78 bits per heavy atom. The fourth-order valence-corrected chi connectivity index (χ4v) is 3.03. The van der Waals surface area contributed by atoms with Crippen molar-refractivity contribution in [1.82, 2.24) is 10.2 Å². The molecule has 3 nitrogen and oxygen atoms in total. The van der Waals surface area contributed by atoms with Crippen LogP contribution >= 0.6 is 0 Å². The van der Waals surface area contributed by atoms with Gasteiger partial charge in [0.2, 0.25) is 0 Å². The maximum absolute atomic E-state index is 5.15. The highest BCUT2D eigenvalue weighted by atomic mass is 16.5. The predicted octanol–water partition coefficient (Wildman–Crippen LogP) is 2.51. The van der Waals surface area contributed by atoms with Crippen molar-refractivity contribution in [2.24, 2.45) is 5.92 Å². The molecule has 0 spiro atoms. The average molecular weight is 256 g/mol. The number of ether oxygens (including phenoxy) is 1. The van der Waals surface area contributed by atoms with Crippen LogP contribution in [0.25, 0.3) is 0 Å². The van der Waals surface area contributed by atoms with E-state index in [1.807, 2.05) is 0 Å². The van der Waals surface area contributed by atoms with E-state index in [1.54, 1.807) is 7.11 Å². The molecule has 1 aliphatic rings. The summed E-state index contributed by atoms with van der Waals surface area (Å²) in [7, 11) is 4.06. The Kier molecular flexibility index (Phi) is 7.87. The van der Waals surface area contributed by atoms with E-state index in [4.69, 9.17) is 4.74 Å². The molecule has 0 aliphatic heterocycles. The van der Waals surface area contributed by atoms with E-state index in [0.29, 0.717) is 12.1 Å². The standard InChI is InChI=1S/C15H32N2O/c1-5-9-16-14-8-7-13(2)12-15(14)17(3)10-6-11-18-4/h13-16H,5-12H2,1-4H3. The highest BCUT2D eigenvalue weighted by Gasteiger charge is 2.30. The van der Waals surface area contributed by atoms with Crippen LogP contribution in [0, 0.1) is 5.92 Å². The largest absolute Gasteiger partial charge is 0.385 e. The van der Waals surface area contributed by atoms with Crippen molar-refractivity contribution in [2.45, 2.75) is 58.0 Å². The van der Waals surface area contributed by atoms with Gasteiger partial charge >= 0.3 is 0 Å². The first-order valence-electron chi connectivity index (χ1n) is 7.61. The zero-order valence-corrected chi connectivity index (χ0v) is 12.7. The second kappa shape index (κ2) is 8.89. The maximum atomic E-state index is 5.15. The molecule has 0 heterocycles. The summed E-state index contributed by atoms with van der Waals surface area (Å²) in [6.45, 7) is 7.82. The van der Waals surface area contributed by atoms with Crippen LogP contribution < -0.4 is 5.32 Å². The summed E-state index contributed by atoms with van der Waals surface area (Å²) in [5.74, 6) is 0.875. The fraction of sp³-hybridized carbons (Fsp3) is 1.00. The van der Waals surface area contributed by atoms with Gasteiger partial charge in [0, 0.05) is 32.3 Å². The molecule has 3 unspecified atom stereocenters. The van der Waals surface area contributed by atoms with Crippen molar-refractivity contribution in [3.05, 3.63) is 0 Å². The fourth-order valence-electron chi connectivity index (χ4n) is 3.03. The zero-order valence-electron chi connectivity index (χ0n) is 12.7. The number of nitrogens with one attached hydrogen (secondary N) is 1. The van der Waals surface area contributed by atoms with E-state index < -0.39 is 0 Å². The molecule has 108 valence electrons. The number of methoxy groups -OCH3 is 1. The second-order valence-electron chi connectivity index (χ2n) is 5.87. The van der Waals surface area contributed by atoms with Gasteiger partial charge in [-0.1, -0.05) is 13.8 Å². The first kappa shape index (κ1) is 15.9. The smallest absolute Gasteiger partial charge is 0.0474 e. The summed E-state index contributed by atoms with van der Waals surface area (Å²) in [6, 6.07) is 1.39. The molecular weight excluding hydrogens is 224 g/mol. The molecule has 0 aromatic heterocycles. The van der Waals surface area contributed by atoms with Gasteiger partial charge in [-0.25, -0.2) is 0 Å².